The number of carbonyl (C=O) groups is 1. The zero-order chi connectivity index (χ0) is 17.2. The number of aliphatic hydroxyl groups is 1. The Morgan fingerprint density at radius 3 is 2.79 bits per heavy atom. The van der Waals surface area contributed by atoms with Gasteiger partial charge in [-0.25, -0.2) is 0 Å². The van der Waals surface area contributed by atoms with Crippen molar-refractivity contribution < 1.29 is 14.6 Å². The van der Waals surface area contributed by atoms with Crippen LogP contribution in [0.1, 0.15) is 37.0 Å². The number of rotatable bonds is 5. The summed E-state index contributed by atoms with van der Waals surface area (Å²) in [5, 5.41) is 14.6. The maximum Gasteiger partial charge on any atom is 0.257 e. The molecule has 0 saturated carbocycles. The number of likely N-dealkylation sites (tertiary alicyclic amines) is 1. The normalized spacial score (nSPS) is 23.0. The van der Waals surface area contributed by atoms with Crippen molar-refractivity contribution in [3.63, 3.8) is 0 Å². The van der Waals surface area contributed by atoms with Gasteiger partial charge in [0.25, 0.3) is 5.91 Å². The number of amides is 1. The molecule has 1 N–H and O–H groups in total. The van der Waals surface area contributed by atoms with E-state index in [1.807, 2.05) is 10.9 Å². The molecule has 0 radical (unpaired) electrons. The Morgan fingerprint density at radius 1 is 1.33 bits per heavy atom. The summed E-state index contributed by atoms with van der Waals surface area (Å²) >= 11 is 0. The van der Waals surface area contributed by atoms with Gasteiger partial charge in [0, 0.05) is 32.4 Å². The Kier molecular flexibility index (Phi) is 5.22. The minimum atomic E-state index is -0.877. The molecule has 0 aliphatic carbocycles. The van der Waals surface area contributed by atoms with Gasteiger partial charge in [-0.3, -0.25) is 14.4 Å². The van der Waals surface area contributed by atoms with Gasteiger partial charge in [-0.2, -0.15) is 5.10 Å². The molecule has 0 bridgehead atoms. The van der Waals surface area contributed by atoms with Gasteiger partial charge < -0.3 is 14.7 Å². The molecule has 3 rings (SSSR count). The van der Waals surface area contributed by atoms with Gasteiger partial charge in [0.1, 0.15) is 0 Å². The summed E-state index contributed by atoms with van der Waals surface area (Å²) in [4.78, 5) is 16.9. The Hall–Kier alpha value is -1.44. The number of hydrogen-bond donors (Lipinski definition) is 1. The highest BCUT2D eigenvalue weighted by Gasteiger charge is 2.38. The van der Waals surface area contributed by atoms with Crippen molar-refractivity contribution in [3.05, 3.63) is 18.0 Å². The molecule has 2 saturated heterocycles. The molecule has 1 unspecified atom stereocenters. The van der Waals surface area contributed by atoms with Gasteiger partial charge in [-0.05, 0) is 26.7 Å². The van der Waals surface area contributed by atoms with Crippen molar-refractivity contribution in [2.24, 2.45) is 0 Å². The molecule has 24 heavy (non-hydrogen) atoms. The fourth-order valence-corrected chi connectivity index (χ4v) is 3.58. The van der Waals surface area contributed by atoms with Crippen molar-refractivity contribution in [2.75, 3.05) is 39.4 Å². The minimum absolute atomic E-state index is 0.0303. The van der Waals surface area contributed by atoms with E-state index in [1.165, 1.54) is 0 Å². The lowest BCUT2D eigenvalue weighted by atomic mass is 9.96. The summed E-state index contributed by atoms with van der Waals surface area (Å²) in [5.74, 6) is -0.0303. The van der Waals surface area contributed by atoms with Crippen LogP contribution >= 0.6 is 0 Å². The Labute approximate surface area is 143 Å². The molecule has 7 heteroatoms. The van der Waals surface area contributed by atoms with E-state index in [-0.39, 0.29) is 11.9 Å². The Bertz CT molecular complexity index is 560. The molecule has 0 aromatic carbocycles. The van der Waals surface area contributed by atoms with Crippen LogP contribution in [0.3, 0.4) is 0 Å². The largest absolute Gasteiger partial charge is 0.388 e. The lowest BCUT2D eigenvalue weighted by molar-refractivity contribution is 0.000329. The maximum absolute atomic E-state index is 12.8. The smallest absolute Gasteiger partial charge is 0.257 e. The van der Waals surface area contributed by atoms with E-state index in [9.17, 15) is 9.90 Å². The summed E-state index contributed by atoms with van der Waals surface area (Å²) in [6.07, 6.45) is 5.25. The van der Waals surface area contributed by atoms with Crippen LogP contribution < -0.4 is 0 Å². The first-order valence-electron chi connectivity index (χ1n) is 8.81. The minimum Gasteiger partial charge on any atom is -0.388 e. The number of nitrogens with zero attached hydrogens (tertiary/aromatic N) is 4. The zero-order valence-electron chi connectivity index (χ0n) is 14.6. The molecular weight excluding hydrogens is 308 g/mol. The quantitative estimate of drug-likeness (QED) is 0.852. The van der Waals surface area contributed by atoms with Gasteiger partial charge in [-0.1, -0.05) is 0 Å². The zero-order valence-corrected chi connectivity index (χ0v) is 14.6. The molecule has 7 nitrogen and oxygen atoms in total. The lowest BCUT2D eigenvalue weighted by Gasteiger charge is -2.33. The van der Waals surface area contributed by atoms with Crippen LogP contribution in [0.25, 0.3) is 0 Å². The van der Waals surface area contributed by atoms with Crippen LogP contribution in [0.2, 0.25) is 0 Å². The molecular formula is C17H28N4O3. The van der Waals surface area contributed by atoms with Crippen molar-refractivity contribution in [2.45, 2.75) is 44.9 Å². The van der Waals surface area contributed by atoms with Crippen molar-refractivity contribution in [1.82, 2.24) is 19.6 Å². The summed E-state index contributed by atoms with van der Waals surface area (Å²) in [6, 6.07) is -0.123. The highest BCUT2D eigenvalue weighted by molar-refractivity contribution is 5.94. The third-order valence-corrected chi connectivity index (χ3v) is 4.96. The fourth-order valence-electron chi connectivity index (χ4n) is 3.58. The van der Waals surface area contributed by atoms with Crippen molar-refractivity contribution in [3.8, 4) is 0 Å². The predicted octanol–water partition coefficient (Wildman–Crippen LogP) is 0.591. The van der Waals surface area contributed by atoms with Gasteiger partial charge in [0.15, 0.2) is 0 Å². The number of morpholine rings is 1. The average molecular weight is 336 g/mol. The monoisotopic (exact) mass is 336 g/mol. The van der Waals surface area contributed by atoms with E-state index in [0.717, 1.165) is 52.2 Å². The first-order chi connectivity index (χ1) is 11.4. The number of carbonyl (C=O) groups excluding carboxylic acids is 1. The molecule has 3 heterocycles. The average Bonchev–Trinajstić information content (AvgIpc) is 3.22. The lowest BCUT2D eigenvalue weighted by Crippen LogP contribution is -2.48. The summed E-state index contributed by atoms with van der Waals surface area (Å²) in [7, 11) is 0. The number of aromatic nitrogens is 2. The Balaban J connectivity index is 1.59. The van der Waals surface area contributed by atoms with E-state index in [0.29, 0.717) is 12.1 Å². The summed E-state index contributed by atoms with van der Waals surface area (Å²) in [6.45, 7) is 9.40. The van der Waals surface area contributed by atoms with Crippen molar-refractivity contribution >= 4 is 5.91 Å². The third-order valence-electron chi connectivity index (χ3n) is 4.96. The van der Waals surface area contributed by atoms with E-state index >= 15 is 0 Å². The van der Waals surface area contributed by atoms with E-state index in [2.05, 4.69) is 10.00 Å². The van der Waals surface area contributed by atoms with Gasteiger partial charge in [0.05, 0.1) is 43.2 Å². The van der Waals surface area contributed by atoms with Crippen LogP contribution in [0, 0.1) is 0 Å². The Morgan fingerprint density at radius 2 is 2.08 bits per heavy atom. The van der Waals surface area contributed by atoms with Gasteiger partial charge >= 0.3 is 0 Å². The van der Waals surface area contributed by atoms with Gasteiger partial charge in [-0.15, -0.1) is 0 Å². The van der Waals surface area contributed by atoms with Crippen LogP contribution in [0.4, 0.5) is 0 Å². The molecule has 0 spiro atoms. The van der Waals surface area contributed by atoms with Crippen molar-refractivity contribution in [1.29, 1.82) is 0 Å². The predicted molar refractivity (Wildman–Crippen MR) is 89.8 cm³/mol. The topological polar surface area (TPSA) is 70.8 Å². The molecule has 2 fully saturated rings. The molecule has 1 aromatic heterocycles. The van der Waals surface area contributed by atoms with Crippen LogP contribution in [0.15, 0.2) is 12.4 Å². The first-order valence-corrected chi connectivity index (χ1v) is 8.81. The second-order valence-corrected chi connectivity index (χ2v) is 7.26. The summed E-state index contributed by atoms with van der Waals surface area (Å²) in [5.41, 5.74) is -0.272. The standard InChI is InChI=1S/C17H28N4O3/c1-17(2,23)15-4-3-5-21(15)16(22)14-12-18-20(13-14)7-6-19-8-10-24-11-9-19/h12-13,15,23H,3-11H2,1-2H3. The number of hydrogen-bond acceptors (Lipinski definition) is 5. The molecule has 1 aromatic rings. The van der Waals surface area contributed by atoms with Crippen LogP contribution in [-0.4, -0.2) is 81.6 Å². The second kappa shape index (κ2) is 7.21. The van der Waals surface area contributed by atoms with Crippen LogP contribution in [-0.2, 0) is 11.3 Å². The van der Waals surface area contributed by atoms with Crippen LogP contribution in [0.5, 0.6) is 0 Å². The maximum atomic E-state index is 12.8. The SMILES string of the molecule is CC(C)(O)C1CCCN1C(=O)c1cnn(CCN2CCOCC2)c1. The van der Waals surface area contributed by atoms with E-state index in [4.69, 9.17) is 4.74 Å². The third kappa shape index (κ3) is 3.96. The van der Waals surface area contributed by atoms with Gasteiger partial charge in [0.2, 0.25) is 0 Å². The highest BCUT2D eigenvalue weighted by atomic mass is 16.5. The highest BCUT2D eigenvalue weighted by Crippen LogP contribution is 2.28. The fraction of sp³-hybridized carbons (Fsp3) is 0.765. The second-order valence-electron chi connectivity index (χ2n) is 7.26. The molecule has 2 aliphatic heterocycles. The molecule has 1 atom stereocenters. The molecule has 2 aliphatic rings. The number of ether oxygens (including phenoxy) is 1. The first kappa shape index (κ1) is 17.4. The van der Waals surface area contributed by atoms with E-state index in [1.54, 1.807) is 24.9 Å². The molecule has 134 valence electrons. The van der Waals surface area contributed by atoms with E-state index < -0.39 is 5.60 Å². The summed E-state index contributed by atoms with van der Waals surface area (Å²) < 4.78 is 7.18. The molecule has 1 amide bonds.